The molecule has 3 aromatic rings. The van der Waals surface area contributed by atoms with Crippen molar-refractivity contribution in [3.8, 4) is 0 Å². The van der Waals surface area contributed by atoms with Crippen molar-refractivity contribution in [3.63, 3.8) is 0 Å². The van der Waals surface area contributed by atoms with E-state index in [4.69, 9.17) is 18.1 Å². The number of amides is 1. The van der Waals surface area contributed by atoms with Crippen LogP contribution in [0.25, 0.3) is 0 Å². The molecule has 0 aromatic heterocycles. The Balaban J connectivity index is 0.000000322. The van der Waals surface area contributed by atoms with E-state index >= 15 is 0 Å². The highest BCUT2D eigenvalue weighted by Gasteiger charge is 2.37. The first kappa shape index (κ1) is 28.9. The zero-order valence-electron chi connectivity index (χ0n) is 17.7. The minimum absolute atomic E-state index is 0.0146. The molecule has 0 unspecified atom stereocenters. The normalized spacial score (nSPS) is 10.8. The zero-order valence-corrected chi connectivity index (χ0v) is 19.3. The molecule has 0 fully saturated rings. The van der Waals surface area contributed by atoms with Gasteiger partial charge < -0.3 is 15.0 Å². The lowest BCUT2D eigenvalue weighted by Crippen LogP contribution is -2.21. The average molecular weight is 514 g/mol. The maximum atomic E-state index is 10.7. The van der Waals surface area contributed by atoms with Crippen LogP contribution in [0.4, 0.5) is 13.2 Å². The molecule has 0 spiro atoms. The Morgan fingerprint density at radius 3 is 1.35 bits per heavy atom. The first-order valence-electron chi connectivity index (χ1n) is 9.44. The van der Waals surface area contributed by atoms with Crippen molar-refractivity contribution in [2.24, 2.45) is 0 Å². The molecular formula is C23H22F3NO5S2. The van der Waals surface area contributed by atoms with Gasteiger partial charge in [-0.1, -0.05) is 61.2 Å². The number of benzene rings is 3. The Morgan fingerprint density at radius 2 is 1.18 bits per heavy atom. The Bertz CT molecular complexity index is 1020. The summed E-state index contributed by atoms with van der Waals surface area (Å²) >= 11 is 0. The van der Waals surface area contributed by atoms with Crippen LogP contribution in [-0.2, 0) is 25.8 Å². The van der Waals surface area contributed by atoms with Crippen molar-refractivity contribution in [1.82, 2.24) is 5.32 Å². The van der Waals surface area contributed by atoms with Crippen LogP contribution in [0.3, 0.4) is 0 Å². The first-order valence-corrected chi connectivity index (χ1v) is 12.1. The number of nitrogens with one attached hydrogen (secondary N) is 1. The van der Waals surface area contributed by atoms with Gasteiger partial charge in [-0.25, -0.2) is 8.42 Å². The number of aliphatic hydroxyl groups excluding tert-OH is 1. The van der Waals surface area contributed by atoms with E-state index in [1.165, 1.54) is 14.7 Å². The lowest BCUT2D eigenvalue weighted by molar-refractivity contribution is -0.117. The average Bonchev–Trinajstić information content (AvgIpc) is 2.81. The lowest BCUT2D eigenvalue weighted by atomic mass is 10.4. The maximum absolute atomic E-state index is 10.7. The quantitative estimate of drug-likeness (QED) is 0.176. The molecule has 2 N–H and O–H groups in total. The molecule has 0 radical (unpaired) electrons. The summed E-state index contributed by atoms with van der Waals surface area (Å²) in [7, 11) is -6.10. The van der Waals surface area contributed by atoms with Gasteiger partial charge in [0.2, 0.25) is 5.91 Å². The molecule has 0 heterocycles. The van der Waals surface area contributed by atoms with E-state index in [0.717, 1.165) is 6.08 Å². The van der Waals surface area contributed by atoms with Crippen LogP contribution in [0.15, 0.2) is 118 Å². The third-order valence-corrected chi connectivity index (χ3v) is 6.46. The highest BCUT2D eigenvalue weighted by molar-refractivity contribution is 7.97. The molecule has 0 bridgehead atoms. The van der Waals surface area contributed by atoms with Crippen LogP contribution in [0.1, 0.15) is 0 Å². The van der Waals surface area contributed by atoms with E-state index in [9.17, 15) is 18.0 Å². The van der Waals surface area contributed by atoms with Crippen molar-refractivity contribution in [2.75, 3.05) is 6.73 Å². The summed E-state index contributed by atoms with van der Waals surface area (Å²) < 4.78 is 58.9. The topological polar surface area (TPSA) is 107 Å². The van der Waals surface area contributed by atoms with Gasteiger partial charge in [0.1, 0.15) is 6.73 Å². The van der Waals surface area contributed by atoms with Gasteiger partial charge in [-0.2, -0.15) is 13.2 Å². The van der Waals surface area contributed by atoms with E-state index in [1.54, 1.807) is 0 Å². The van der Waals surface area contributed by atoms with E-state index < -0.39 is 15.6 Å². The summed E-state index contributed by atoms with van der Waals surface area (Å²) in [6.45, 7) is 2.83. The fraction of sp³-hybridized carbons (Fsp3) is 0.0870. The van der Waals surface area contributed by atoms with Gasteiger partial charge in [-0.05, 0) is 42.5 Å². The van der Waals surface area contributed by atoms with Crippen molar-refractivity contribution < 1.29 is 36.0 Å². The van der Waals surface area contributed by atoms with Crippen LogP contribution in [0.5, 0.6) is 0 Å². The van der Waals surface area contributed by atoms with Crippen molar-refractivity contribution in [1.29, 1.82) is 0 Å². The van der Waals surface area contributed by atoms with Gasteiger partial charge in [0.25, 0.3) is 0 Å². The molecule has 0 aliphatic carbocycles. The summed E-state index contributed by atoms with van der Waals surface area (Å²) in [5.41, 5.74) is -5.65. The molecule has 3 rings (SSSR count). The SMILES string of the molecule is C=CC(=O)NCO.O=S(=O)([O-])C(F)(F)F.c1ccc([S+](c2ccccc2)c2ccccc2)cc1. The number of carbonyl (C=O) groups is 1. The van der Waals surface area contributed by atoms with Crippen molar-refractivity contribution in [2.45, 2.75) is 20.2 Å². The number of carbonyl (C=O) groups excluding carboxylic acids is 1. The van der Waals surface area contributed by atoms with Gasteiger partial charge in [-0.3, -0.25) is 4.79 Å². The number of hydrogen-bond donors (Lipinski definition) is 2. The van der Waals surface area contributed by atoms with Gasteiger partial charge in [-0.15, -0.1) is 0 Å². The lowest BCUT2D eigenvalue weighted by Gasteiger charge is -2.08. The Morgan fingerprint density at radius 1 is 0.882 bits per heavy atom. The van der Waals surface area contributed by atoms with E-state index in [1.807, 2.05) is 0 Å². The second kappa shape index (κ2) is 14.2. The molecule has 182 valence electrons. The van der Waals surface area contributed by atoms with Gasteiger partial charge in [0.05, 0.1) is 10.9 Å². The van der Waals surface area contributed by atoms with Gasteiger partial charge >= 0.3 is 5.51 Å². The fourth-order valence-electron chi connectivity index (χ4n) is 2.23. The van der Waals surface area contributed by atoms with Crippen LogP contribution >= 0.6 is 0 Å². The molecule has 0 saturated carbocycles. The number of halogens is 3. The summed E-state index contributed by atoms with van der Waals surface area (Å²) in [6.07, 6.45) is 1.09. The molecule has 0 saturated heterocycles. The van der Waals surface area contributed by atoms with Crippen LogP contribution in [-0.4, -0.2) is 36.2 Å². The van der Waals surface area contributed by atoms with Crippen molar-refractivity contribution in [3.05, 3.63) is 104 Å². The van der Waals surface area contributed by atoms with Crippen LogP contribution in [0, 0.1) is 0 Å². The monoisotopic (exact) mass is 513 g/mol. The number of hydrogen-bond acceptors (Lipinski definition) is 5. The Kier molecular flexibility index (Phi) is 12.1. The zero-order chi connectivity index (χ0) is 25.6. The predicted octanol–water partition coefficient (Wildman–Crippen LogP) is 4.07. The largest absolute Gasteiger partial charge is 0.741 e. The predicted molar refractivity (Wildman–Crippen MR) is 123 cm³/mol. The highest BCUT2D eigenvalue weighted by atomic mass is 32.2. The Hall–Kier alpha value is -3.12. The fourth-order valence-corrected chi connectivity index (χ4v) is 4.33. The summed E-state index contributed by atoms with van der Waals surface area (Å²) in [5, 5.41) is 10.1. The number of rotatable bonds is 5. The molecule has 0 atom stereocenters. The van der Waals surface area contributed by atoms with Gasteiger partial charge in [0.15, 0.2) is 24.8 Å². The Labute approximate surface area is 198 Å². The molecular weight excluding hydrogens is 491 g/mol. The minimum Gasteiger partial charge on any atom is -0.741 e. The summed E-state index contributed by atoms with van der Waals surface area (Å²) in [6, 6.07) is 32.2. The van der Waals surface area contributed by atoms with E-state index in [-0.39, 0.29) is 23.5 Å². The second-order valence-electron chi connectivity index (χ2n) is 6.05. The van der Waals surface area contributed by atoms with E-state index in [0.29, 0.717) is 0 Å². The maximum Gasteiger partial charge on any atom is 0.485 e. The minimum atomic E-state index is -6.09. The second-order valence-corrected chi connectivity index (χ2v) is 9.45. The molecule has 0 aliphatic heterocycles. The third-order valence-electron chi connectivity index (χ3n) is 3.66. The standard InChI is InChI=1S/C18H15S.C4H7NO2.CHF3O3S/c1-4-10-16(11-5-1)19(17-12-6-2-7-13-17)18-14-8-3-9-15-18;1-2-4(7)5-3-6;2-1(3,4)8(5,6)7/h1-15H;2,6H,1,3H2,(H,5,7);(H,5,6,7)/q+1;;/p-1. The van der Waals surface area contributed by atoms with Crippen molar-refractivity contribution >= 4 is 26.9 Å². The van der Waals surface area contributed by atoms with Crippen LogP contribution < -0.4 is 5.32 Å². The molecule has 1 amide bonds. The smallest absolute Gasteiger partial charge is 0.485 e. The summed E-state index contributed by atoms with van der Waals surface area (Å²) in [4.78, 5) is 14.1. The molecule has 34 heavy (non-hydrogen) atoms. The van der Waals surface area contributed by atoms with E-state index in [2.05, 4.69) is 103 Å². The van der Waals surface area contributed by atoms with Gasteiger partial charge in [0, 0.05) is 0 Å². The molecule has 3 aromatic carbocycles. The molecule has 11 heteroatoms. The number of aliphatic hydroxyl groups is 1. The first-order chi connectivity index (χ1) is 16.0. The number of alkyl halides is 3. The summed E-state index contributed by atoms with van der Waals surface area (Å²) in [5.74, 6) is -0.359. The molecule has 0 aliphatic rings. The highest BCUT2D eigenvalue weighted by Crippen LogP contribution is 2.30. The van der Waals surface area contributed by atoms with Crippen LogP contribution in [0.2, 0.25) is 0 Å². The molecule has 6 nitrogen and oxygen atoms in total. The third kappa shape index (κ3) is 10.2.